The van der Waals surface area contributed by atoms with Crippen LogP contribution in [0.5, 0.6) is 11.5 Å². The fourth-order valence-corrected chi connectivity index (χ4v) is 2.57. The van der Waals surface area contributed by atoms with Crippen molar-refractivity contribution in [3.8, 4) is 11.5 Å². The number of ether oxygens (including phenoxy) is 2. The standard InChI is InChI=1S/C20H22FNO5/c1-3-27-18-11-13(6-9-17(18)26-2)5-4-10-22-19(23)15-8-7-14(20(24)25)12-16(15)21/h6-9,11-12H,3-5,10H2,1-2H3,(H,22,23)(H,24,25). The maximum absolute atomic E-state index is 13.9. The second-order valence-corrected chi connectivity index (χ2v) is 5.78. The minimum absolute atomic E-state index is 0.178. The number of carboxylic acid groups (broad SMARTS) is 1. The normalized spacial score (nSPS) is 10.3. The van der Waals surface area contributed by atoms with Gasteiger partial charge in [-0.3, -0.25) is 4.79 Å². The summed E-state index contributed by atoms with van der Waals surface area (Å²) in [6.07, 6.45) is 1.35. The fourth-order valence-electron chi connectivity index (χ4n) is 2.57. The highest BCUT2D eigenvalue weighted by Gasteiger charge is 2.14. The van der Waals surface area contributed by atoms with Crippen molar-refractivity contribution >= 4 is 11.9 Å². The summed E-state index contributed by atoms with van der Waals surface area (Å²) in [7, 11) is 1.58. The number of hydrogen-bond donors (Lipinski definition) is 2. The molecule has 1 amide bonds. The predicted octanol–water partition coefficient (Wildman–Crippen LogP) is 3.29. The van der Waals surface area contributed by atoms with E-state index in [0.29, 0.717) is 37.5 Å². The van der Waals surface area contributed by atoms with Crippen LogP contribution < -0.4 is 14.8 Å². The molecule has 0 fully saturated rings. The molecule has 2 aromatic carbocycles. The molecule has 144 valence electrons. The summed E-state index contributed by atoms with van der Waals surface area (Å²) in [6, 6.07) is 8.86. The molecule has 0 bridgehead atoms. The number of amides is 1. The molecule has 0 spiro atoms. The van der Waals surface area contributed by atoms with Crippen molar-refractivity contribution in [1.29, 1.82) is 0 Å². The molecule has 0 aromatic heterocycles. The Hall–Kier alpha value is -3.09. The van der Waals surface area contributed by atoms with Crippen LogP contribution in [0.1, 0.15) is 39.6 Å². The van der Waals surface area contributed by atoms with Crippen molar-refractivity contribution in [2.75, 3.05) is 20.3 Å². The first-order valence-electron chi connectivity index (χ1n) is 8.57. The molecule has 2 N–H and O–H groups in total. The SMILES string of the molecule is CCOc1cc(CCCNC(=O)c2ccc(C(=O)O)cc2F)ccc1OC. The van der Waals surface area contributed by atoms with E-state index in [1.165, 1.54) is 12.1 Å². The number of carboxylic acids is 1. The molecule has 0 heterocycles. The van der Waals surface area contributed by atoms with E-state index in [0.717, 1.165) is 11.6 Å². The van der Waals surface area contributed by atoms with E-state index in [4.69, 9.17) is 14.6 Å². The highest BCUT2D eigenvalue weighted by Crippen LogP contribution is 2.28. The van der Waals surface area contributed by atoms with Crippen molar-refractivity contribution in [3.05, 3.63) is 58.9 Å². The Morgan fingerprint density at radius 2 is 1.93 bits per heavy atom. The summed E-state index contributed by atoms with van der Waals surface area (Å²) < 4.78 is 24.6. The first-order valence-corrected chi connectivity index (χ1v) is 8.57. The number of carbonyl (C=O) groups excluding carboxylic acids is 1. The van der Waals surface area contributed by atoms with Gasteiger partial charge in [-0.15, -0.1) is 0 Å². The second-order valence-electron chi connectivity index (χ2n) is 5.78. The van der Waals surface area contributed by atoms with Gasteiger partial charge in [0.05, 0.1) is 24.8 Å². The van der Waals surface area contributed by atoms with Crippen LogP contribution in [0.3, 0.4) is 0 Å². The van der Waals surface area contributed by atoms with Crippen LogP contribution >= 0.6 is 0 Å². The lowest BCUT2D eigenvalue weighted by atomic mass is 10.1. The van der Waals surface area contributed by atoms with Crippen molar-refractivity contribution < 1.29 is 28.6 Å². The summed E-state index contributed by atoms with van der Waals surface area (Å²) in [5.74, 6) is -1.35. The van der Waals surface area contributed by atoms with Gasteiger partial charge in [0, 0.05) is 6.54 Å². The quantitative estimate of drug-likeness (QED) is 0.657. The van der Waals surface area contributed by atoms with Gasteiger partial charge in [0.25, 0.3) is 5.91 Å². The van der Waals surface area contributed by atoms with Crippen LogP contribution in [0.25, 0.3) is 0 Å². The Kier molecular flexibility index (Phi) is 7.16. The van der Waals surface area contributed by atoms with Crippen molar-refractivity contribution in [1.82, 2.24) is 5.32 Å². The zero-order chi connectivity index (χ0) is 19.8. The largest absolute Gasteiger partial charge is 0.493 e. The topological polar surface area (TPSA) is 84.9 Å². The van der Waals surface area contributed by atoms with E-state index in [1.807, 2.05) is 25.1 Å². The number of aryl methyl sites for hydroxylation is 1. The molecule has 0 saturated heterocycles. The number of halogens is 1. The number of hydrogen-bond acceptors (Lipinski definition) is 4. The zero-order valence-electron chi connectivity index (χ0n) is 15.3. The lowest BCUT2D eigenvalue weighted by molar-refractivity contribution is 0.0695. The summed E-state index contributed by atoms with van der Waals surface area (Å²) in [5, 5.41) is 11.5. The van der Waals surface area contributed by atoms with Crippen molar-refractivity contribution in [2.45, 2.75) is 19.8 Å². The number of aromatic carboxylic acids is 1. The molecule has 0 radical (unpaired) electrons. The van der Waals surface area contributed by atoms with Crippen LogP contribution in [0.4, 0.5) is 4.39 Å². The molecule has 27 heavy (non-hydrogen) atoms. The monoisotopic (exact) mass is 375 g/mol. The Labute approximate surface area is 156 Å². The van der Waals surface area contributed by atoms with Gasteiger partial charge in [0.1, 0.15) is 5.82 Å². The van der Waals surface area contributed by atoms with Gasteiger partial charge in [-0.2, -0.15) is 0 Å². The van der Waals surface area contributed by atoms with Crippen molar-refractivity contribution in [3.63, 3.8) is 0 Å². The molecule has 0 aliphatic heterocycles. The molecular formula is C20H22FNO5. The van der Waals surface area contributed by atoms with Gasteiger partial charge < -0.3 is 19.9 Å². The molecular weight excluding hydrogens is 353 g/mol. The first-order chi connectivity index (χ1) is 13.0. The Balaban J connectivity index is 1.89. The third-order valence-electron chi connectivity index (χ3n) is 3.92. The molecule has 0 aliphatic carbocycles. The minimum Gasteiger partial charge on any atom is -0.493 e. The van der Waals surface area contributed by atoms with E-state index in [1.54, 1.807) is 7.11 Å². The Morgan fingerprint density at radius 3 is 2.56 bits per heavy atom. The van der Waals surface area contributed by atoms with Gasteiger partial charge in [0.15, 0.2) is 11.5 Å². The second kappa shape index (κ2) is 9.56. The van der Waals surface area contributed by atoms with Gasteiger partial charge >= 0.3 is 5.97 Å². The molecule has 7 heteroatoms. The van der Waals surface area contributed by atoms with Crippen LogP contribution in [0.2, 0.25) is 0 Å². The average Bonchev–Trinajstić information content (AvgIpc) is 2.65. The molecule has 0 saturated carbocycles. The lowest BCUT2D eigenvalue weighted by Crippen LogP contribution is -2.25. The molecule has 2 rings (SSSR count). The maximum atomic E-state index is 13.9. The van der Waals surface area contributed by atoms with E-state index in [9.17, 15) is 14.0 Å². The lowest BCUT2D eigenvalue weighted by Gasteiger charge is -2.11. The number of methoxy groups -OCH3 is 1. The number of rotatable bonds is 9. The van der Waals surface area contributed by atoms with Gasteiger partial charge in [-0.1, -0.05) is 6.07 Å². The number of carbonyl (C=O) groups is 2. The molecule has 6 nitrogen and oxygen atoms in total. The van der Waals surface area contributed by atoms with E-state index < -0.39 is 17.7 Å². The van der Waals surface area contributed by atoms with Crippen LogP contribution in [-0.2, 0) is 6.42 Å². The minimum atomic E-state index is -1.24. The number of nitrogens with one attached hydrogen (secondary N) is 1. The molecule has 0 unspecified atom stereocenters. The van der Waals surface area contributed by atoms with E-state index in [-0.39, 0.29) is 11.1 Å². The van der Waals surface area contributed by atoms with Gasteiger partial charge in [-0.05, 0) is 55.7 Å². The highest BCUT2D eigenvalue weighted by atomic mass is 19.1. The maximum Gasteiger partial charge on any atom is 0.335 e. The zero-order valence-corrected chi connectivity index (χ0v) is 15.3. The van der Waals surface area contributed by atoms with Crippen LogP contribution in [0, 0.1) is 5.82 Å². The summed E-state index contributed by atoms with van der Waals surface area (Å²) in [5.41, 5.74) is 0.655. The van der Waals surface area contributed by atoms with Crippen LogP contribution in [-0.4, -0.2) is 37.2 Å². The fraction of sp³-hybridized carbons (Fsp3) is 0.300. The van der Waals surface area contributed by atoms with Crippen molar-refractivity contribution in [2.24, 2.45) is 0 Å². The summed E-state index contributed by atoms with van der Waals surface area (Å²) in [4.78, 5) is 22.8. The highest BCUT2D eigenvalue weighted by molar-refractivity contribution is 5.96. The van der Waals surface area contributed by atoms with E-state index in [2.05, 4.69) is 5.32 Å². The molecule has 0 atom stereocenters. The summed E-state index contributed by atoms with van der Waals surface area (Å²) >= 11 is 0. The predicted molar refractivity (Wildman–Crippen MR) is 98.2 cm³/mol. The number of benzene rings is 2. The molecule has 0 aliphatic rings. The van der Waals surface area contributed by atoms with E-state index >= 15 is 0 Å². The molecule has 2 aromatic rings. The third-order valence-corrected chi connectivity index (χ3v) is 3.92. The third kappa shape index (κ3) is 5.44. The smallest absolute Gasteiger partial charge is 0.335 e. The van der Waals surface area contributed by atoms with Crippen LogP contribution in [0.15, 0.2) is 36.4 Å². The Morgan fingerprint density at radius 1 is 1.15 bits per heavy atom. The van der Waals surface area contributed by atoms with Gasteiger partial charge in [0.2, 0.25) is 0 Å². The average molecular weight is 375 g/mol. The first kappa shape index (κ1) is 20.2. The Bertz CT molecular complexity index is 822. The van der Waals surface area contributed by atoms with Gasteiger partial charge in [-0.25, -0.2) is 9.18 Å². The summed E-state index contributed by atoms with van der Waals surface area (Å²) in [6.45, 7) is 2.78.